The first kappa shape index (κ1) is 17.1. The molecule has 0 heterocycles. The largest absolute Gasteiger partial charge is 0.497 e. The van der Waals surface area contributed by atoms with Gasteiger partial charge in [0, 0.05) is 12.1 Å². The molecular weight excluding hydrogens is 302 g/mol. The van der Waals surface area contributed by atoms with E-state index in [-0.39, 0.29) is 10.9 Å². The predicted octanol–water partition coefficient (Wildman–Crippen LogP) is 2.81. The van der Waals surface area contributed by atoms with Crippen molar-refractivity contribution in [2.24, 2.45) is 11.8 Å². The topological polar surface area (TPSA) is 64.6 Å². The van der Waals surface area contributed by atoms with Crippen LogP contribution in [0.15, 0.2) is 23.1 Å². The van der Waals surface area contributed by atoms with E-state index in [4.69, 9.17) is 9.47 Å². The summed E-state index contributed by atoms with van der Waals surface area (Å²) in [6.07, 6.45) is 3.08. The number of ether oxygens (including phenoxy) is 2. The number of benzene rings is 1. The Morgan fingerprint density at radius 3 is 2.50 bits per heavy atom. The van der Waals surface area contributed by atoms with Crippen LogP contribution in [0.5, 0.6) is 11.5 Å². The highest BCUT2D eigenvalue weighted by molar-refractivity contribution is 7.89. The van der Waals surface area contributed by atoms with Gasteiger partial charge in [0.05, 0.1) is 14.2 Å². The zero-order valence-electron chi connectivity index (χ0n) is 13.6. The Kier molecular flexibility index (Phi) is 5.34. The second kappa shape index (κ2) is 6.87. The maximum Gasteiger partial charge on any atom is 0.244 e. The maximum absolute atomic E-state index is 12.8. The maximum atomic E-state index is 12.8. The van der Waals surface area contributed by atoms with Crippen LogP contribution in [0, 0.1) is 11.8 Å². The Bertz CT molecular complexity index is 615. The van der Waals surface area contributed by atoms with E-state index in [2.05, 4.69) is 18.6 Å². The highest BCUT2D eigenvalue weighted by Gasteiger charge is 2.32. The lowest BCUT2D eigenvalue weighted by Gasteiger charge is -2.34. The van der Waals surface area contributed by atoms with Gasteiger partial charge in [-0.25, -0.2) is 13.1 Å². The van der Waals surface area contributed by atoms with Gasteiger partial charge in [-0.2, -0.15) is 0 Å². The molecule has 1 aliphatic carbocycles. The SMILES string of the molecule is COc1ccc(OC)c(S(=O)(=O)N[C@H]2CCC[C@@H](C)[C@@H]2C)c1. The van der Waals surface area contributed by atoms with Gasteiger partial charge in [0.15, 0.2) is 0 Å². The van der Waals surface area contributed by atoms with Crippen LogP contribution in [0.2, 0.25) is 0 Å². The third-order valence-corrected chi connectivity index (χ3v) is 6.18. The number of hydrogen-bond acceptors (Lipinski definition) is 4. The smallest absolute Gasteiger partial charge is 0.244 e. The molecule has 0 aromatic heterocycles. The van der Waals surface area contributed by atoms with Crippen molar-refractivity contribution in [2.75, 3.05) is 14.2 Å². The average molecular weight is 327 g/mol. The van der Waals surface area contributed by atoms with Crippen molar-refractivity contribution in [3.8, 4) is 11.5 Å². The molecule has 1 aromatic carbocycles. The minimum absolute atomic E-state index is 0.0374. The summed E-state index contributed by atoms with van der Waals surface area (Å²) >= 11 is 0. The molecule has 0 saturated heterocycles. The van der Waals surface area contributed by atoms with Crippen molar-refractivity contribution in [1.29, 1.82) is 0 Å². The summed E-state index contributed by atoms with van der Waals surface area (Å²) in [6, 6.07) is 4.76. The van der Waals surface area contributed by atoms with Crippen molar-refractivity contribution in [2.45, 2.75) is 44.0 Å². The summed E-state index contributed by atoms with van der Waals surface area (Å²) < 4.78 is 38.7. The van der Waals surface area contributed by atoms with Gasteiger partial charge in [-0.1, -0.05) is 26.7 Å². The summed E-state index contributed by atoms with van der Waals surface area (Å²) in [4.78, 5) is 0.125. The van der Waals surface area contributed by atoms with Crippen LogP contribution in [-0.2, 0) is 10.0 Å². The number of hydrogen-bond donors (Lipinski definition) is 1. The highest BCUT2D eigenvalue weighted by atomic mass is 32.2. The molecule has 0 aliphatic heterocycles. The van der Waals surface area contributed by atoms with Crippen LogP contribution < -0.4 is 14.2 Å². The van der Waals surface area contributed by atoms with Crippen molar-refractivity contribution in [3.05, 3.63) is 18.2 Å². The second-order valence-electron chi connectivity index (χ2n) is 6.01. The second-order valence-corrected chi connectivity index (χ2v) is 7.69. The predicted molar refractivity (Wildman–Crippen MR) is 85.8 cm³/mol. The van der Waals surface area contributed by atoms with E-state index in [0.29, 0.717) is 23.3 Å². The fourth-order valence-corrected chi connectivity index (χ4v) is 4.55. The van der Waals surface area contributed by atoms with Gasteiger partial charge in [0.2, 0.25) is 10.0 Å². The van der Waals surface area contributed by atoms with Gasteiger partial charge in [0.25, 0.3) is 0 Å². The molecule has 0 amide bonds. The van der Waals surface area contributed by atoms with Gasteiger partial charge in [0.1, 0.15) is 16.4 Å². The molecule has 5 nitrogen and oxygen atoms in total. The Labute approximate surface area is 133 Å². The van der Waals surface area contributed by atoms with Gasteiger partial charge in [-0.3, -0.25) is 0 Å². The van der Waals surface area contributed by atoms with Crippen LogP contribution in [0.25, 0.3) is 0 Å². The zero-order valence-corrected chi connectivity index (χ0v) is 14.4. The van der Waals surface area contributed by atoms with E-state index in [9.17, 15) is 8.42 Å². The first-order valence-corrected chi connectivity index (χ1v) is 9.11. The van der Waals surface area contributed by atoms with Crippen LogP contribution in [0.3, 0.4) is 0 Å². The van der Waals surface area contributed by atoms with Crippen molar-refractivity contribution >= 4 is 10.0 Å². The Balaban J connectivity index is 2.30. The van der Waals surface area contributed by atoms with Gasteiger partial charge in [-0.15, -0.1) is 0 Å². The first-order chi connectivity index (χ1) is 10.4. The van der Waals surface area contributed by atoms with Crippen LogP contribution in [0.4, 0.5) is 0 Å². The summed E-state index contributed by atoms with van der Waals surface area (Å²) in [5, 5.41) is 0. The van der Waals surface area contributed by atoms with E-state index in [1.165, 1.54) is 20.3 Å². The summed E-state index contributed by atoms with van der Waals surface area (Å²) in [5.41, 5.74) is 0. The molecule has 0 unspecified atom stereocenters. The molecule has 0 radical (unpaired) electrons. The van der Waals surface area contributed by atoms with E-state index < -0.39 is 10.0 Å². The molecule has 2 rings (SSSR count). The van der Waals surface area contributed by atoms with E-state index in [1.54, 1.807) is 12.1 Å². The zero-order chi connectivity index (χ0) is 16.3. The lowest BCUT2D eigenvalue weighted by molar-refractivity contribution is 0.226. The molecule has 1 aliphatic rings. The fraction of sp³-hybridized carbons (Fsp3) is 0.625. The molecule has 1 N–H and O–H groups in total. The molecule has 3 atom stereocenters. The molecule has 0 spiro atoms. The monoisotopic (exact) mass is 327 g/mol. The summed E-state index contributed by atoms with van der Waals surface area (Å²) in [5.74, 6) is 1.66. The average Bonchev–Trinajstić information content (AvgIpc) is 2.51. The molecule has 124 valence electrons. The Hall–Kier alpha value is -1.27. The lowest BCUT2D eigenvalue weighted by atomic mass is 9.78. The van der Waals surface area contributed by atoms with Crippen molar-refractivity contribution in [1.82, 2.24) is 4.72 Å². The van der Waals surface area contributed by atoms with Gasteiger partial charge < -0.3 is 9.47 Å². The first-order valence-electron chi connectivity index (χ1n) is 7.63. The number of methoxy groups -OCH3 is 2. The summed E-state index contributed by atoms with van der Waals surface area (Å²) in [6.45, 7) is 4.29. The normalized spacial score (nSPS) is 25.7. The quantitative estimate of drug-likeness (QED) is 0.903. The van der Waals surface area contributed by atoms with Crippen molar-refractivity contribution < 1.29 is 17.9 Å². The highest BCUT2D eigenvalue weighted by Crippen LogP contribution is 2.32. The Morgan fingerprint density at radius 2 is 1.86 bits per heavy atom. The molecule has 1 aromatic rings. The standard InChI is InChI=1S/C16H25NO4S/c1-11-6-5-7-14(12(11)2)17-22(18,19)16-10-13(20-3)8-9-15(16)21-4/h8-12,14,17H,5-7H2,1-4H3/t11-,12+,14+/m1/s1. The third kappa shape index (κ3) is 3.55. The van der Waals surface area contributed by atoms with E-state index in [1.807, 2.05) is 0 Å². The molecule has 22 heavy (non-hydrogen) atoms. The molecule has 0 bridgehead atoms. The fourth-order valence-electron chi connectivity index (χ4n) is 3.01. The van der Waals surface area contributed by atoms with Crippen LogP contribution in [-0.4, -0.2) is 28.7 Å². The molecule has 1 fully saturated rings. The number of nitrogens with one attached hydrogen (secondary N) is 1. The van der Waals surface area contributed by atoms with E-state index in [0.717, 1.165) is 19.3 Å². The minimum atomic E-state index is -3.65. The summed E-state index contributed by atoms with van der Waals surface area (Å²) in [7, 11) is -0.672. The third-order valence-electron chi connectivity index (χ3n) is 4.67. The van der Waals surface area contributed by atoms with Crippen molar-refractivity contribution in [3.63, 3.8) is 0 Å². The molecule has 1 saturated carbocycles. The number of rotatable bonds is 5. The number of sulfonamides is 1. The molecular formula is C16H25NO4S. The lowest BCUT2D eigenvalue weighted by Crippen LogP contribution is -2.43. The minimum Gasteiger partial charge on any atom is -0.497 e. The van der Waals surface area contributed by atoms with Gasteiger partial charge in [-0.05, 0) is 30.4 Å². The Morgan fingerprint density at radius 1 is 1.14 bits per heavy atom. The van der Waals surface area contributed by atoms with Crippen LogP contribution in [0.1, 0.15) is 33.1 Å². The van der Waals surface area contributed by atoms with Crippen LogP contribution >= 0.6 is 0 Å². The van der Waals surface area contributed by atoms with E-state index >= 15 is 0 Å². The molecule has 6 heteroatoms. The van der Waals surface area contributed by atoms with Gasteiger partial charge >= 0.3 is 0 Å².